The number of carbonyl (C=O) groups excluding carboxylic acids is 1. The van der Waals surface area contributed by atoms with Gasteiger partial charge in [-0.1, -0.05) is 41.9 Å². The van der Waals surface area contributed by atoms with Crippen molar-refractivity contribution in [3.05, 3.63) is 101 Å². The minimum absolute atomic E-state index is 0.271. The minimum atomic E-state index is -0.458. The van der Waals surface area contributed by atoms with Gasteiger partial charge in [0.15, 0.2) is 5.70 Å². The van der Waals surface area contributed by atoms with Gasteiger partial charge in [0, 0.05) is 10.6 Å². The molecule has 0 aliphatic carbocycles. The summed E-state index contributed by atoms with van der Waals surface area (Å²) in [4.78, 5) is 16.6. The molecule has 1 aliphatic heterocycles. The number of cyclic esters (lactones) is 1. The van der Waals surface area contributed by atoms with Gasteiger partial charge in [0.2, 0.25) is 5.90 Å². The van der Waals surface area contributed by atoms with Crippen molar-refractivity contribution >= 4 is 74.7 Å². The van der Waals surface area contributed by atoms with Gasteiger partial charge in [-0.3, -0.25) is 0 Å². The van der Waals surface area contributed by atoms with Crippen molar-refractivity contribution in [1.29, 1.82) is 0 Å². The topological polar surface area (TPSA) is 47.9 Å². The third-order valence-corrected chi connectivity index (χ3v) is 6.08. The molecule has 4 nitrogen and oxygen atoms in total. The number of esters is 1. The third kappa shape index (κ3) is 5.04. The lowest BCUT2D eigenvalue weighted by molar-refractivity contribution is -0.129. The van der Waals surface area contributed by atoms with Crippen LogP contribution in [0.1, 0.15) is 16.7 Å². The fourth-order valence-electron chi connectivity index (χ4n) is 2.85. The first-order chi connectivity index (χ1) is 14.5. The van der Waals surface area contributed by atoms with Gasteiger partial charge in [0.1, 0.15) is 12.4 Å². The summed E-state index contributed by atoms with van der Waals surface area (Å²) in [5.74, 6) is 0.652. The van der Waals surface area contributed by atoms with Crippen molar-refractivity contribution in [2.24, 2.45) is 4.99 Å². The fourth-order valence-corrected chi connectivity index (χ4v) is 5.19. The summed E-state index contributed by atoms with van der Waals surface area (Å²) in [5, 5.41) is 0.682. The van der Waals surface area contributed by atoms with Crippen LogP contribution in [0.5, 0.6) is 5.75 Å². The molecule has 3 aromatic rings. The van der Waals surface area contributed by atoms with Gasteiger partial charge in [-0.05, 0) is 98.8 Å². The van der Waals surface area contributed by atoms with E-state index in [0.29, 0.717) is 17.5 Å². The van der Waals surface area contributed by atoms with E-state index < -0.39 is 5.97 Å². The van der Waals surface area contributed by atoms with Crippen LogP contribution >= 0.6 is 56.8 Å². The maximum absolute atomic E-state index is 12.2. The van der Waals surface area contributed by atoms with Crippen LogP contribution in [0, 0.1) is 7.14 Å². The number of halogens is 3. The molecule has 0 fully saturated rings. The number of rotatable bonds is 5. The number of carbonyl (C=O) groups is 1. The van der Waals surface area contributed by atoms with Crippen LogP contribution in [0.25, 0.3) is 6.08 Å². The van der Waals surface area contributed by atoms with E-state index in [9.17, 15) is 4.79 Å². The molecule has 0 N–H and O–H groups in total. The Kier molecular flexibility index (Phi) is 6.74. The van der Waals surface area contributed by atoms with E-state index >= 15 is 0 Å². The van der Waals surface area contributed by atoms with Crippen LogP contribution in [0.15, 0.2) is 77.4 Å². The van der Waals surface area contributed by atoms with Crippen LogP contribution in [-0.2, 0) is 16.1 Å². The summed E-state index contributed by atoms with van der Waals surface area (Å²) in [7, 11) is 0. The van der Waals surface area contributed by atoms with Gasteiger partial charge in [-0.25, -0.2) is 9.79 Å². The van der Waals surface area contributed by atoms with E-state index in [4.69, 9.17) is 21.1 Å². The van der Waals surface area contributed by atoms with Crippen molar-refractivity contribution in [1.82, 2.24) is 0 Å². The summed E-state index contributed by atoms with van der Waals surface area (Å²) >= 11 is 10.5. The standard InChI is InChI=1S/C23H14ClI2NO3/c24-17-8-4-5-14(9-17)13-29-21-18(25)10-15(11-19(21)26)12-20-23(28)30-22(27-20)16-6-2-1-3-7-16/h1-12H,13H2/b20-12-. The van der Waals surface area contributed by atoms with Crippen molar-refractivity contribution < 1.29 is 14.3 Å². The number of hydrogen-bond acceptors (Lipinski definition) is 4. The van der Waals surface area contributed by atoms with Crippen LogP contribution in [0.3, 0.4) is 0 Å². The molecule has 1 aliphatic rings. The maximum atomic E-state index is 12.2. The Morgan fingerprint density at radius 2 is 1.73 bits per heavy atom. The molecule has 0 spiro atoms. The Morgan fingerprint density at radius 3 is 2.43 bits per heavy atom. The summed E-state index contributed by atoms with van der Waals surface area (Å²) < 4.78 is 13.2. The van der Waals surface area contributed by atoms with E-state index in [0.717, 1.165) is 29.6 Å². The first-order valence-electron chi connectivity index (χ1n) is 8.94. The van der Waals surface area contributed by atoms with E-state index in [2.05, 4.69) is 50.2 Å². The average molecular weight is 642 g/mol. The van der Waals surface area contributed by atoms with Gasteiger partial charge < -0.3 is 9.47 Å². The highest BCUT2D eigenvalue weighted by molar-refractivity contribution is 14.1. The maximum Gasteiger partial charge on any atom is 0.363 e. The summed E-state index contributed by atoms with van der Waals surface area (Å²) in [6, 6.07) is 20.8. The lowest BCUT2D eigenvalue weighted by Crippen LogP contribution is -2.05. The molecular formula is C23H14ClI2NO3. The van der Waals surface area contributed by atoms with Crippen LogP contribution in [0.2, 0.25) is 5.02 Å². The third-order valence-electron chi connectivity index (χ3n) is 4.24. The fraction of sp³-hybridized carbons (Fsp3) is 0.0435. The second kappa shape index (κ2) is 9.49. The molecule has 0 bridgehead atoms. The molecule has 3 aromatic carbocycles. The first kappa shape index (κ1) is 21.3. The molecule has 150 valence electrons. The van der Waals surface area contributed by atoms with E-state index in [-0.39, 0.29) is 5.70 Å². The highest BCUT2D eigenvalue weighted by Crippen LogP contribution is 2.31. The monoisotopic (exact) mass is 641 g/mol. The molecule has 30 heavy (non-hydrogen) atoms. The van der Waals surface area contributed by atoms with Gasteiger partial charge in [-0.2, -0.15) is 0 Å². The van der Waals surface area contributed by atoms with Crippen LogP contribution in [0.4, 0.5) is 0 Å². The zero-order valence-corrected chi connectivity index (χ0v) is 20.5. The predicted octanol–water partition coefficient (Wildman–Crippen LogP) is 6.47. The lowest BCUT2D eigenvalue weighted by Gasteiger charge is -2.12. The molecule has 4 rings (SSSR count). The molecule has 7 heteroatoms. The lowest BCUT2D eigenvalue weighted by atomic mass is 10.2. The molecule has 0 unspecified atom stereocenters. The highest BCUT2D eigenvalue weighted by atomic mass is 127. The molecule has 0 amide bonds. The SMILES string of the molecule is O=C1OC(c2ccccc2)=N/C1=C\c1cc(I)c(OCc2cccc(Cl)c2)c(I)c1. The van der Waals surface area contributed by atoms with E-state index in [1.807, 2.05) is 66.7 Å². The Morgan fingerprint density at radius 1 is 1.00 bits per heavy atom. The summed E-state index contributed by atoms with van der Waals surface area (Å²) in [5.41, 5.74) is 2.89. The van der Waals surface area contributed by atoms with Crippen LogP contribution < -0.4 is 4.74 Å². The quantitative estimate of drug-likeness (QED) is 0.182. The summed E-state index contributed by atoms with van der Waals surface area (Å²) in [6.45, 7) is 0.421. The van der Waals surface area contributed by atoms with Crippen molar-refractivity contribution in [2.45, 2.75) is 6.61 Å². The zero-order valence-electron chi connectivity index (χ0n) is 15.4. The molecule has 1 heterocycles. The minimum Gasteiger partial charge on any atom is -0.487 e. The molecular weight excluding hydrogens is 628 g/mol. The van der Waals surface area contributed by atoms with Crippen molar-refractivity contribution in [3.8, 4) is 5.75 Å². The molecule has 0 saturated carbocycles. The smallest absolute Gasteiger partial charge is 0.363 e. The first-order valence-corrected chi connectivity index (χ1v) is 11.5. The highest BCUT2D eigenvalue weighted by Gasteiger charge is 2.24. The average Bonchev–Trinajstić information content (AvgIpc) is 3.08. The second-order valence-electron chi connectivity index (χ2n) is 6.43. The Labute approximate surface area is 206 Å². The number of nitrogens with zero attached hydrogens (tertiary/aromatic N) is 1. The molecule has 0 atom stereocenters. The van der Waals surface area contributed by atoms with E-state index in [1.54, 1.807) is 6.08 Å². The van der Waals surface area contributed by atoms with Gasteiger partial charge in [-0.15, -0.1) is 0 Å². The number of aliphatic imine (C=N–C) groups is 1. The Hall–Kier alpha value is -1.91. The Balaban J connectivity index is 1.55. The molecule has 0 saturated heterocycles. The second-order valence-corrected chi connectivity index (χ2v) is 9.20. The number of benzene rings is 3. The zero-order chi connectivity index (χ0) is 21.1. The van der Waals surface area contributed by atoms with Crippen LogP contribution in [-0.4, -0.2) is 11.9 Å². The Bertz CT molecular complexity index is 1150. The molecule has 0 aromatic heterocycles. The normalized spacial score (nSPS) is 14.6. The number of ether oxygens (including phenoxy) is 2. The van der Waals surface area contributed by atoms with Gasteiger partial charge >= 0.3 is 5.97 Å². The number of hydrogen-bond donors (Lipinski definition) is 0. The van der Waals surface area contributed by atoms with Crippen molar-refractivity contribution in [2.75, 3.05) is 0 Å². The van der Waals surface area contributed by atoms with Gasteiger partial charge in [0.25, 0.3) is 0 Å². The summed E-state index contributed by atoms with van der Waals surface area (Å²) in [6.07, 6.45) is 1.73. The van der Waals surface area contributed by atoms with Gasteiger partial charge in [0.05, 0.1) is 7.14 Å². The van der Waals surface area contributed by atoms with Crippen molar-refractivity contribution in [3.63, 3.8) is 0 Å². The predicted molar refractivity (Wildman–Crippen MR) is 135 cm³/mol. The largest absolute Gasteiger partial charge is 0.487 e. The van der Waals surface area contributed by atoms with E-state index in [1.165, 1.54) is 0 Å². The molecule has 0 radical (unpaired) electrons.